The highest BCUT2D eigenvalue weighted by molar-refractivity contribution is 5.83. The Morgan fingerprint density at radius 3 is 2.35 bits per heavy atom. The summed E-state index contributed by atoms with van der Waals surface area (Å²) in [7, 11) is 0. The fourth-order valence-corrected chi connectivity index (χ4v) is 4.07. The van der Waals surface area contributed by atoms with Crippen molar-refractivity contribution in [2.24, 2.45) is 5.92 Å². The minimum Gasteiger partial charge on any atom is -0.355 e. The van der Waals surface area contributed by atoms with E-state index in [0.717, 1.165) is 25.1 Å². The zero-order valence-corrected chi connectivity index (χ0v) is 17.4. The summed E-state index contributed by atoms with van der Waals surface area (Å²) in [5.41, 5.74) is 0.0200. The Labute approximate surface area is 179 Å². The number of benzene rings is 1. The third-order valence-electron chi connectivity index (χ3n) is 5.89. The van der Waals surface area contributed by atoms with Crippen LogP contribution < -0.4 is 5.32 Å². The van der Waals surface area contributed by atoms with Crippen molar-refractivity contribution in [3.05, 3.63) is 35.4 Å². The zero-order valence-electron chi connectivity index (χ0n) is 17.4. The first-order valence-electron chi connectivity index (χ1n) is 10.7. The van der Waals surface area contributed by atoms with E-state index in [2.05, 4.69) is 5.32 Å². The minimum atomic E-state index is -4.36. The maximum atomic E-state index is 12.6. The SMILES string of the molecule is O=C(NCCc1ccc(C(F)(F)F)cc1)[C@H]1CCC(=O)N(CCCN2CCCC2=O)C1. The molecule has 3 rings (SSSR count). The fourth-order valence-electron chi connectivity index (χ4n) is 4.07. The fraction of sp³-hybridized carbons (Fsp3) is 0.591. The third-order valence-corrected chi connectivity index (χ3v) is 5.89. The number of halogens is 3. The van der Waals surface area contributed by atoms with E-state index in [9.17, 15) is 27.6 Å². The zero-order chi connectivity index (χ0) is 22.4. The van der Waals surface area contributed by atoms with Crippen molar-refractivity contribution in [2.45, 2.75) is 44.7 Å². The largest absolute Gasteiger partial charge is 0.416 e. The number of rotatable bonds is 8. The maximum Gasteiger partial charge on any atom is 0.416 e. The summed E-state index contributed by atoms with van der Waals surface area (Å²) >= 11 is 0. The summed E-state index contributed by atoms with van der Waals surface area (Å²) in [6.07, 6.45) is -0.941. The predicted molar refractivity (Wildman–Crippen MR) is 108 cm³/mol. The lowest BCUT2D eigenvalue weighted by Gasteiger charge is -2.32. The molecule has 31 heavy (non-hydrogen) atoms. The molecular weight excluding hydrogens is 411 g/mol. The van der Waals surface area contributed by atoms with Gasteiger partial charge >= 0.3 is 6.18 Å². The first-order valence-corrected chi connectivity index (χ1v) is 10.7. The summed E-state index contributed by atoms with van der Waals surface area (Å²) in [5.74, 6) is -0.241. The van der Waals surface area contributed by atoms with Gasteiger partial charge in [-0.2, -0.15) is 13.2 Å². The van der Waals surface area contributed by atoms with Crippen LogP contribution in [0.25, 0.3) is 0 Å². The molecule has 3 amide bonds. The smallest absolute Gasteiger partial charge is 0.355 e. The van der Waals surface area contributed by atoms with Crippen molar-refractivity contribution in [1.29, 1.82) is 0 Å². The van der Waals surface area contributed by atoms with Crippen molar-refractivity contribution in [1.82, 2.24) is 15.1 Å². The number of likely N-dealkylation sites (tertiary alicyclic amines) is 2. The first-order chi connectivity index (χ1) is 14.7. The lowest BCUT2D eigenvalue weighted by atomic mass is 9.96. The molecule has 0 aliphatic carbocycles. The summed E-state index contributed by atoms with van der Waals surface area (Å²) < 4.78 is 37.8. The van der Waals surface area contributed by atoms with Gasteiger partial charge in [0, 0.05) is 45.6 Å². The van der Waals surface area contributed by atoms with Crippen molar-refractivity contribution < 1.29 is 27.6 Å². The maximum absolute atomic E-state index is 12.6. The van der Waals surface area contributed by atoms with Crippen LogP contribution in [0.2, 0.25) is 0 Å². The number of carbonyl (C=O) groups is 3. The molecule has 2 fully saturated rings. The molecule has 1 N–H and O–H groups in total. The van der Waals surface area contributed by atoms with Gasteiger partial charge in [-0.25, -0.2) is 0 Å². The molecule has 9 heteroatoms. The van der Waals surface area contributed by atoms with Gasteiger partial charge in [0.1, 0.15) is 0 Å². The topological polar surface area (TPSA) is 69.7 Å². The number of carbonyl (C=O) groups excluding carboxylic acids is 3. The van der Waals surface area contributed by atoms with Gasteiger partial charge in [-0.1, -0.05) is 12.1 Å². The second-order valence-electron chi connectivity index (χ2n) is 8.15. The second kappa shape index (κ2) is 10.2. The number of alkyl halides is 3. The molecule has 0 spiro atoms. The molecule has 0 aromatic heterocycles. The van der Waals surface area contributed by atoms with Gasteiger partial charge in [-0.15, -0.1) is 0 Å². The highest BCUT2D eigenvalue weighted by Crippen LogP contribution is 2.29. The molecule has 2 saturated heterocycles. The monoisotopic (exact) mass is 439 g/mol. The van der Waals surface area contributed by atoms with Crippen LogP contribution in [0.1, 0.15) is 43.2 Å². The molecule has 2 aliphatic heterocycles. The van der Waals surface area contributed by atoms with E-state index < -0.39 is 11.7 Å². The van der Waals surface area contributed by atoms with Crippen LogP contribution >= 0.6 is 0 Å². The van der Waals surface area contributed by atoms with Crippen LogP contribution in [-0.2, 0) is 27.0 Å². The van der Waals surface area contributed by atoms with Crippen molar-refractivity contribution >= 4 is 17.7 Å². The van der Waals surface area contributed by atoms with Crippen LogP contribution in [0.4, 0.5) is 13.2 Å². The highest BCUT2D eigenvalue weighted by Gasteiger charge is 2.31. The third kappa shape index (κ3) is 6.45. The van der Waals surface area contributed by atoms with Crippen LogP contribution in [0.5, 0.6) is 0 Å². The Hall–Kier alpha value is -2.58. The molecule has 2 heterocycles. The van der Waals surface area contributed by atoms with Crippen molar-refractivity contribution in [3.8, 4) is 0 Å². The molecule has 2 aliphatic rings. The van der Waals surface area contributed by atoms with Gasteiger partial charge in [0.2, 0.25) is 17.7 Å². The number of hydrogen-bond donors (Lipinski definition) is 1. The van der Waals surface area contributed by atoms with Crippen molar-refractivity contribution in [2.75, 3.05) is 32.7 Å². The van der Waals surface area contributed by atoms with E-state index in [0.29, 0.717) is 63.8 Å². The van der Waals surface area contributed by atoms with Crippen LogP contribution in [0.15, 0.2) is 24.3 Å². The molecule has 0 unspecified atom stereocenters. The average Bonchev–Trinajstić information content (AvgIpc) is 3.14. The first kappa shape index (κ1) is 23.1. The molecule has 170 valence electrons. The van der Waals surface area contributed by atoms with Crippen LogP contribution in [-0.4, -0.2) is 60.2 Å². The summed E-state index contributed by atoms with van der Waals surface area (Å²) in [4.78, 5) is 39.9. The number of piperidine rings is 1. The summed E-state index contributed by atoms with van der Waals surface area (Å²) in [6, 6.07) is 4.91. The van der Waals surface area contributed by atoms with Gasteiger partial charge in [0.25, 0.3) is 0 Å². The molecule has 1 aromatic carbocycles. The number of hydrogen-bond acceptors (Lipinski definition) is 3. The Morgan fingerprint density at radius 1 is 1.03 bits per heavy atom. The van der Waals surface area contributed by atoms with Gasteiger partial charge in [-0.3, -0.25) is 14.4 Å². The molecule has 0 radical (unpaired) electrons. The quantitative estimate of drug-likeness (QED) is 0.677. The minimum absolute atomic E-state index is 0.0292. The van der Waals surface area contributed by atoms with Gasteiger partial charge in [0.15, 0.2) is 0 Å². The standard InChI is InChI=1S/C22H28F3N3O3/c23-22(24,25)18-7-4-16(5-8-18)10-11-26-21(31)17-6-9-20(30)28(15-17)14-2-13-27-12-1-3-19(27)29/h4-5,7-8,17H,1-3,6,9-15H2,(H,26,31)/t17-/m0/s1. The molecule has 1 aromatic rings. The molecular formula is C22H28F3N3O3. The summed E-state index contributed by atoms with van der Waals surface area (Å²) in [5, 5.41) is 2.84. The Balaban J connectivity index is 1.40. The van der Waals surface area contributed by atoms with Gasteiger partial charge in [0.05, 0.1) is 11.5 Å². The Kier molecular flexibility index (Phi) is 7.56. The van der Waals surface area contributed by atoms with E-state index in [1.807, 2.05) is 4.90 Å². The van der Waals surface area contributed by atoms with E-state index in [-0.39, 0.29) is 23.6 Å². The predicted octanol–water partition coefficient (Wildman–Crippen LogP) is 2.62. The lowest BCUT2D eigenvalue weighted by molar-refractivity contribution is -0.139. The highest BCUT2D eigenvalue weighted by atomic mass is 19.4. The van der Waals surface area contributed by atoms with E-state index in [1.54, 1.807) is 4.90 Å². The van der Waals surface area contributed by atoms with Crippen LogP contribution in [0, 0.1) is 5.92 Å². The lowest BCUT2D eigenvalue weighted by Crippen LogP contribution is -2.46. The molecule has 6 nitrogen and oxygen atoms in total. The Morgan fingerprint density at radius 2 is 1.71 bits per heavy atom. The number of nitrogens with zero attached hydrogens (tertiary/aromatic N) is 2. The summed E-state index contributed by atoms with van der Waals surface area (Å²) in [6.45, 7) is 2.62. The number of amides is 3. The Bertz CT molecular complexity index is 795. The average molecular weight is 439 g/mol. The number of nitrogens with one attached hydrogen (secondary N) is 1. The van der Waals surface area contributed by atoms with E-state index in [4.69, 9.17) is 0 Å². The van der Waals surface area contributed by atoms with Gasteiger partial charge in [-0.05, 0) is 43.4 Å². The normalized spacial score (nSPS) is 19.8. The molecule has 1 atom stereocenters. The van der Waals surface area contributed by atoms with Gasteiger partial charge < -0.3 is 15.1 Å². The van der Waals surface area contributed by atoms with Crippen LogP contribution in [0.3, 0.4) is 0 Å². The second-order valence-corrected chi connectivity index (χ2v) is 8.15. The van der Waals surface area contributed by atoms with E-state index >= 15 is 0 Å². The van der Waals surface area contributed by atoms with Crippen molar-refractivity contribution in [3.63, 3.8) is 0 Å². The molecule has 0 saturated carbocycles. The van der Waals surface area contributed by atoms with E-state index in [1.165, 1.54) is 12.1 Å². The molecule has 0 bridgehead atoms.